The lowest BCUT2D eigenvalue weighted by Crippen LogP contribution is -2.46. The van der Waals surface area contributed by atoms with Crippen LogP contribution in [0.3, 0.4) is 0 Å². The third-order valence-corrected chi connectivity index (χ3v) is 4.59. The summed E-state index contributed by atoms with van der Waals surface area (Å²) < 4.78 is 20.3. The predicted molar refractivity (Wildman–Crippen MR) is 83.9 cm³/mol. The number of para-hydroxylation sites is 1. The maximum atomic E-state index is 13.6. The number of rotatable bonds is 3. The molecular weight excluding hydrogens is 305 g/mol. The van der Waals surface area contributed by atoms with Crippen LogP contribution < -0.4 is 10.1 Å². The molecule has 1 aliphatic heterocycles. The standard InChI is InChI=1S/C15H18FN3O2S/c1-2-17-14(20)19-8-6-10(7-9-19)21-15-18-13-11(16)4-3-5-12(13)22-15/h3-5,10H,2,6-9H2,1H3,(H,17,20). The van der Waals surface area contributed by atoms with Gasteiger partial charge in [0.05, 0.1) is 4.70 Å². The number of amides is 2. The molecule has 0 atom stereocenters. The molecule has 1 saturated heterocycles. The lowest BCUT2D eigenvalue weighted by molar-refractivity contribution is 0.111. The van der Waals surface area contributed by atoms with Crippen LogP contribution in [0.2, 0.25) is 0 Å². The minimum atomic E-state index is -0.324. The van der Waals surface area contributed by atoms with Gasteiger partial charge < -0.3 is 15.0 Å². The van der Waals surface area contributed by atoms with Crippen LogP contribution in [0.15, 0.2) is 18.2 Å². The Kier molecular flexibility index (Phi) is 4.42. The SMILES string of the molecule is CCNC(=O)N1CCC(Oc2nc3c(F)cccc3s2)CC1. The Hall–Kier alpha value is -1.89. The predicted octanol–water partition coefficient (Wildman–Crippen LogP) is 3.01. The van der Waals surface area contributed by atoms with E-state index >= 15 is 0 Å². The molecule has 1 N–H and O–H groups in total. The van der Waals surface area contributed by atoms with Gasteiger partial charge in [0.25, 0.3) is 5.19 Å². The van der Waals surface area contributed by atoms with E-state index in [1.165, 1.54) is 17.4 Å². The summed E-state index contributed by atoms with van der Waals surface area (Å²) >= 11 is 1.35. The van der Waals surface area contributed by atoms with Crippen molar-refractivity contribution < 1.29 is 13.9 Å². The summed E-state index contributed by atoms with van der Waals surface area (Å²) in [5.74, 6) is -0.324. The number of piperidine rings is 1. The number of nitrogens with zero attached hydrogens (tertiary/aromatic N) is 2. The highest BCUT2D eigenvalue weighted by atomic mass is 32.1. The molecule has 5 nitrogen and oxygen atoms in total. The largest absolute Gasteiger partial charge is 0.467 e. The molecule has 2 amide bonds. The number of thiazole rings is 1. The highest BCUT2D eigenvalue weighted by Gasteiger charge is 2.24. The number of hydrogen-bond acceptors (Lipinski definition) is 4. The van der Waals surface area contributed by atoms with E-state index in [0.29, 0.717) is 30.3 Å². The van der Waals surface area contributed by atoms with Crippen LogP contribution in [0.1, 0.15) is 19.8 Å². The van der Waals surface area contributed by atoms with Crippen LogP contribution in [-0.4, -0.2) is 41.7 Å². The highest BCUT2D eigenvalue weighted by molar-refractivity contribution is 7.20. The van der Waals surface area contributed by atoms with Crippen LogP contribution in [-0.2, 0) is 0 Å². The maximum Gasteiger partial charge on any atom is 0.317 e. The van der Waals surface area contributed by atoms with Crippen LogP contribution in [0.4, 0.5) is 9.18 Å². The van der Waals surface area contributed by atoms with Crippen LogP contribution in [0, 0.1) is 5.82 Å². The van der Waals surface area contributed by atoms with E-state index in [1.54, 1.807) is 11.0 Å². The Bertz CT molecular complexity index is 668. The molecule has 2 heterocycles. The average molecular weight is 323 g/mol. The fourth-order valence-electron chi connectivity index (χ4n) is 2.53. The summed E-state index contributed by atoms with van der Waals surface area (Å²) in [6, 6.07) is 4.88. The van der Waals surface area contributed by atoms with E-state index in [1.807, 2.05) is 13.0 Å². The minimum absolute atomic E-state index is 0.0225. The lowest BCUT2D eigenvalue weighted by Gasteiger charge is -2.31. The van der Waals surface area contributed by atoms with Gasteiger partial charge in [-0.15, -0.1) is 0 Å². The number of carbonyl (C=O) groups is 1. The average Bonchev–Trinajstić information content (AvgIpc) is 2.92. The van der Waals surface area contributed by atoms with Crippen molar-refractivity contribution in [1.82, 2.24) is 15.2 Å². The van der Waals surface area contributed by atoms with Crippen molar-refractivity contribution in [2.75, 3.05) is 19.6 Å². The molecule has 0 spiro atoms. The molecule has 1 aromatic heterocycles. The van der Waals surface area contributed by atoms with Gasteiger partial charge >= 0.3 is 6.03 Å². The number of hydrogen-bond donors (Lipinski definition) is 1. The Morgan fingerprint density at radius 2 is 2.27 bits per heavy atom. The number of aromatic nitrogens is 1. The zero-order valence-electron chi connectivity index (χ0n) is 12.3. The Morgan fingerprint density at radius 1 is 1.50 bits per heavy atom. The van der Waals surface area contributed by atoms with Gasteiger partial charge in [0.2, 0.25) is 0 Å². The number of ether oxygens (including phenoxy) is 1. The normalized spacial score (nSPS) is 16.0. The first kappa shape index (κ1) is 15.0. The molecule has 7 heteroatoms. The van der Waals surface area contributed by atoms with Crippen molar-refractivity contribution in [2.45, 2.75) is 25.9 Å². The molecule has 118 valence electrons. The monoisotopic (exact) mass is 323 g/mol. The summed E-state index contributed by atoms with van der Waals surface area (Å²) in [6.45, 7) is 3.86. The molecule has 0 radical (unpaired) electrons. The Labute approximate surface area is 132 Å². The second kappa shape index (κ2) is 6.48. The molecule has 0 bridgehead atoms. The third kappa shape index (κ3) is 3.14. The number of halogens is 1. The van der Waals surface area contributed by atoms with Gasteiger partial charge in [0, 0.05) is 32.5 Å². The van der Waals surface area contributed by atoms with Crippen molar-refractivity contribution in [2.24, 2.45) is 0 Å². The Morgan fingerprint density at radius 3 is 2.95 bits per heavy atom. The third-order valence-electron chi connectivity index (χ3n) is 3.67. The smallest absolute Gasteiger partial charge is 0.317 e. The zero-order chi connectivity index (χ0) is 15.5. The molecule has 0 aliphatic carbocycles. The van der Waals surface area contributed by atoms with Gasteiger partial charge in [-0.1, -0.05) is 17.4 Å². The summed E-state index contributed by atoms with van der Waals surface area (Å²) in [7, 11) is 0. The lowest BCUT2D eigenvalue weighted by atomic mass is 10.1. The molecule has 1 aliphatic rings. The van der Waals surface area contributed by atoms with Gasteiger partial charge in [0.1, 0.15) is 17.4 Å². The quantitative estimate of drug-likeness (QED) is 0.945. The van der Waals surface area contributed by atoms with E-state index < -0.39 is 0 Å². The van der Waals surface area contributed by atoms with E-state index in [9.17, 15) is 9.18 Å². The number of likely N-dealkylation sites (tertiary alicyclic amines) is 1. The van der Waals surface area contributed by atoms with E-state index in [4.69, 9.17) is 4.74 Å². The molecule has 22 heavy (non-hydrogen) atoms. The van der Waals surface area contributed by atoms with Gasteiger partial charge in [0.15, 0.2) is 0 Å². The molecule has 2 aromatic rings. The fourth-order valence-corrected chi connectivity index (χ4v) is 3.42. The van der Waals surface area contributed by atoms with Gasteiger partial charge in [-0.25, -0.2) is 9.18 Å². The van der Waals surface area contributed by atoms with Crippen molar-refractivity contribution in [3.05, 3.63) is 24.0 Å². The van der Waals surface area contributed by atoms with Crippen molar-refractivity contribution in [3.8, 4) is 5.19 Å². The number of urea groups is 1. The first-order chi connectivity index (χ1) is 10.7. The zero-order valence-corrected chi connectivity index (χ0v) is 13.2. The number of fused-ring (bicyclic) bond motifs is 1. The summed E-state index contributed by atoms with van der Waals surface area (Å²) in [6.07, 6.45) is 1.54. The number of benzene rings is 1. The minimum Gasteiger partial charge on any atom is -0.467 e. The van der Waals surface area contributed by atoms with Crippen molar-refractivity contribution in [1.29, 1.82) is 0 Å². The first-order valence-electron chi connectivity index (χ1n) is 7.42. The van der Waals surface area contributed by atoms with E-state index in [-0.39, 0.29) is 18.0 Å². The topological polar surface area (TPSA) is 54.5 Å². The second-order valence-electron chi connectivity index (χ2n) is 5.21. The van der Waals surface area contributed by atoms with E-state index in [2.05, 4.69) is 10.3 Å². The van der Waals surface area contributed by atoms with E-state index in [0.717, 1.165) is 17.5 Å². The summed E-state index contributed by atoms with van der Waals surface area (Å²) in [4.78, 5) is 17.8. The maximum absolute atomic E-state index is 13.6. The fraction of sp³-hybridized carbons (Fsp3) is 0.467. The summed E-state index contributed by atoms with van der Waals surface area (Å²) in [5, 5.41) is 3.29. The van der Waals surface area contributed by atoms with Crippen molar-refractivity contribution in [3.63, 3.8) is 0 Å². The van der Waals surface area contributed by atoms with Gasteiger partial charge in [-0.2, -0.15) is 4.98 Å². The summed E-state index contributed by atoms with van der Waals surface area (Å²) in [5.41, 5.74) is 0.363. The Balaban J connectivity index is 1.60. The van der Waals surface area contributed by atoms with Crippen molar-refractivity contribution >= 4 is 27.6 Å². The first-order valence-corrected chi connectivity index (χ1v) is 8.23. The molecule has 1 aromatic carbocycles. The molecular formula is C15H18FN3O2S. The molecule has 3 rings (SSSR count). The van der Waals surface area contributed by atoms with Gasteiger partial charge in [-0.05, 0) is 19.1 Å². The number of carbonyl (C=O) groups excluding carboxylic acids is 1. The van der Waals surface area contributed by atoms with Crippen LogP contribution in [0.5, 0.6) is 5.19 Å². The molecule has 0 unspecified atom stereocenters. The highest BCUT2D eigenvalue weighted by Crippen LogP contribution is 2.31. The van der Waals surface area contributed by atoms with Gasteiger partial charge in [-0.3, -0.25) is 0 Å². The van der Waals surface area contributed by atoms with Crippen LogP contribution >= 0.6 is 11.3 Å². The molecule has 1 fully saturated rings. The molecule has 0 saturated carbocycles. The van der Waals surface area contributed by atoms with Crippen LogP contribution in [0.25, 0.3) is 10.2 Å². The second-order valence-corrected chi connectivity index (χ2v) is 6.20. The number of nitrogens with one attached hydrogen (secondary N) is 1.